The molecular formula is C19H30IN5O3. The van der Waals surface area contributed by atoms with E-state index in [4.69, 9.17) is 4.74 Å². The summed E-state index contributed by atoms with van der Waals surface area (Å²) in [5, 5.41) is 9.20. The van der Waals surface area contributed by atoms with Crippen molar-refractivity contribution in [2.24, 2.45) is 4.99 Å². The summed E-state index contributed by atoms with van der Waals surface area (Å²) in [7, 11) is 1.73. The number of carbonyl (C=O) groups excluding carboxylic acids is 2. The lowest BCUT2D eigenvalue weighted by Crippen LogP contribution is -2.49. The second-order valence-electron chi connectivity index (χ2n) is 6.18. The first kappa shape index (κ1) is 24.2. The van der Waals surface area contributed by atoms with Gasteiger partial charge in [0.05, 0.1) is 6.54 Å². The van der Waals surface area contributed by atoms with E-state index in [1.54, 1.807) is 24.1 Å². The van der Waals surface area contributed by atoms with E-state index in [0.717, 1.165) is 37.7 Å². The predicted molar refractivity (Wildman–Crippen MR) is 120 cm³/mol. The lowest BCUT2D eigenvalue weighted by atomic mass is 10.1. The molecule has 1 aromatic rings. The van der Waals surface area contributed by atoms with Gasteiger partial charge in [-0.1, -0.05) is 12.1 Å². The minimum absolute atomic E-state index is 0. The molecule has 2 rings (SSSR count). The second-order valence-corrected chi connectivity index (χ2v) is 6.18. The van der Waals surface area contributed by atoms with Crippen LogP contribution in [0, 0.1) is 0 Å². The fourth-order valence-electron chi connectivity index (χ4n) is 2.69. The molecule has 0 aliphatic carbocycles. The summed E-state index contributed by atoms with van der Waals surface area (Å²) in [6.45, 7) is 6.00. The molecule has 0 unspecified atom stereocenters. The highest BCUT2D eigenvalue weighted by atomic mass is 127. The SMILES string of the molecule is CCOCCCNC(=NC)NCc1ccc(C(=O)N2CCNC(=O)C2)cc1.I. The van der Waals surface area contributed by atoms with Crippen LogP contribution in [0.4, 0.5) is 0 Å². The Balaban J connectivity index is 0.00000392. The van der Waals surface area contributed by atoms with Crippen LogP contribution < -0.4 is 16.0 Å². The zero-order chi connectivity index (χ0) is 19.5. The molecule has 1 aliphatic heterocycles. The van der Waals surface area contributed by atoms with Crippen LogP contribution in [-0.4, -0.2) is 69.1 Å². The molecule has 1 saturated heterocycles. The topological polar surface area (TPSA) is 95.1 Å². The van der Waals surface area contributed by atoms with E-state index >= 15 is 0 Å². The van der Waals surface area contributed by atoms with Crippen LogP contribution in [0.5, 0.6) is 0 Å². The molecular weight excluding hydrogens is 473 g/mol. The van der Waals surface area contributed by atoms with Crippen LogP contribution in [0.15, 0.2) is 29.3 Å². The molecule has 1 aromatic carbocycles. The number of guanidine groups is 1. The Hall–Kier alpha value is -1.88. The van der Waals surface area contributed by atoms with E-state index in [2.05, 4.69) is 20.9 Å². The van der Waals surface area contributed by atoms with Crippen molar-refractivity contribution in [3.63, 3.8) is 0 Å². The Kier molecular flexibility index (Phi) is 11.5. The molecule has 0 aromatic heterocycles. The Morgan fingerprint density at radius 2 is 2.04 bits per heavy atom. The summed E-state index contributed by atoms with van der Waals surface area (Å²) in [4.78, 5) is 29.6. The summed E-state index contributed by atoms with van der Waals surface area (Å²) in [5.74, 6) is 0.498. The number of hydrogen-bond acceptors (Lipinski definition) is 4. The average molecular weight is 503 g/mol. The van der Waals surface area contributed by atoms with Crippen LogP contribution in [0.2, 0.25) is 0 Å². The lowest BCUT2D eigenvalue weighted by Gasteiger charge is -2.26. The number of carbonyl (C=O) groups is 2. The molecule has 156 valence electrons. The summed E-state index contributed by atoms with van der Waals surface area (Å²) >= 11 is 0. The van der Waals surface area contributed by atoms with Gasteiger partial charge < -0.3 is 25.6 Å². The highest BCUT2D eigenvalue weighted by Gasteiger charge is 2.21. The molecule has 0 radical (unpaired) electrons. The predicted octanol–water partition coefficient (Wildman–Crippen LogP) is 0.968. The smallest absolute Gasteiger partial charge is 0.254 e. The number of aliphatic imine (C=N–C) groups is 1. The van der Waals surface area contributed by atoms with Gasteiger partial charge >= 0.3 is 0 Å². The van der Waals surface area contributed by atoms with Gasteiger partial charge in [0.1, 0.15) is 0 Å². The minimum Gasteiger partial charge on any atom is -0.382 e. The van der Waals surface area contributed by atoms with Gasteiger partial charge in [-0.15, -0.1) is 24.0 Å². The number of nitrogens with one attached hydrogen (secondary N) is 3. The third-order valence-electron chi connectivity index (χ3n) is 4.17. The zero-order valence-corrected chi connectivity index (χ0v) is 18.8. The molecule has 2 amide bonds. The van der Waals surface area contributed by atoms with Crippen LogP contribution in [0.25, 0.3) is 0 Å². The normalized spacial score (nSPS) is 14.1. The highest BCUT2D eigenvalue weighted by molar-refractivity contribution is 14.0. The van der Waals surface area contributed by atoms with Gasteiger partial charge in [-0.2, -0.15) is 0 Å². The van der Waals surface area contributed by atoms with Gasteiger partial charge in [0, 0.05) is 52.0 Å². The van der Waals surface area contributed by atoms with Crippen molar-refractivity contribution in [3.8, 4) is 0 Å². The number of rotatable bonds is 8. The van der Waals surface area contributed by atoms with E-state index in [9.17, 15) is 9.59 Å². The Morgan fingerprint density at radius 3 is 2.68 bits per heavy atom. The number of benzene rings is 1. The maximum Gasteiger partial charge on any atom is 0.254 e. The Bertz CT molecular complexity index is 651. The molecule has 0 saturated carbocycles. The van der Waals surface area contributed by atoms with Crippen LogP contribution >= 0.6 is 24.0 Å². The summed E-state index contributed by atoms with van der Waals surface area (Å²) in [5.41, 5.74) is 1.63. The molecule has 1 aliphatic rings. The first-order valence-corrected chi connectivity index (χ1v) is 9.31. The van der Waals surface area contributed by atoms with Crippen molar-refractivity contribution in [2.75, 3.05) is 46.4 Å². The quantitative estimate of drug-likeness (QED) is 0.213. The first-order valence-electron chi connectivity index (χ1n) is 9.31. The molecule has 1 heterocycles. The summed E-state index contributed by atoms with van der Waals surface area (Å²) < 4.78 is 5.31. The second kappa shape index (κ2) is 13.3. The zero-order valence-electron chi connectivity index (χ0n) is 16.5. The maximum atomic E-state index is 12.5. The van der Waals surface area contributed by atoms with Crippen LogP contribution in [0.3, 0.4) is 0 Å². The fraction of sp³-hybridized carbons (Fsp3) is 0.526. The van der Waals surface area contributed by atoms with E-state index in [0.29, 0.717) is 25.2 Å². The third kappa shape index (κ3) is 8.01. The number of hydrogen-bond donors (Lipinski definition) is 3. The number of amides is 2. The minimum atomic E-state index is -0.115. The summed E-state index contributed by atoms with van der Waals surface area (Å²) in [6.07, 6.45) is 0.917. The molecule has 28 heavy (non-hydrogen) atoms. The molecule has 3 N–H and O–H groups in total. The van der Waals surface area contributed by atoms with Gasteiger partial charge in [-0.25, -0.2) is 0 Å². The molecule has 9 heteroatoms. The van der Waals surface area contributed by atoms with E-state index in [1.165, 1.54) is 0 Å². The van der Waals surface area contributed by atoms with Gasteiger partial charge in [0.25, 0.3) is 5.91 Å². The van der Waals surface area contributed by atoms with E-state index in [1.807, 2.05) is 19.1 Å². The van der Waals surface area contributed by atoms with Gasteiger partial charge in [-0.05, 0) is 31.0 Å². The lowest BCUT2D eigenvalue weighted by molar-refractivity contribution is -0.123. The maximum absolute atomic E-state index is 12.5. The largest absolute Gasteiger partial charge is 0.382 e. The Morgan fingerprint density at radius 1 is 1.29 bits per heavy atom. The van der Waals surface area contributed by atoms with Crippen molar-refractivity contribution in [2.45, 2.75) is 19.9 Å². The molecule has 1 fully saturated rings. The van der Waals surface area contributed by atoms with Crippen molar-refractivity contribution in [1.29, 1.82) is 0 Å². The third-order valence-corrected chi connectivity index (χ3v) is 4.17. The number of halogens is 1. The van der Waals surface area contributed by atoms with Crippen LogP contribution in [0.1, 0.15) is 29.3 Å². The number of ether oxygens (including phenoxy) is 1. The molecule has 0 bridgehead atoms. The van der Waals surface area contributed by atoms with E-state index < -0.39 is 0 Å². The van der Waals surface area contributed by atoms with Crippen molar-refractivity contribution in [1.82, 2.24) is 20.9 Å². The number of nitrogens with zero attached hydrogens (tertiary/aromatic N) is 2. The fourth-order valence-corrected chi connectivity index (χ4v) is 2.69. The molecule has 0 spiro atoms. The van der Waals surface area contributed by atoms with Crippen molar-refractivity contribution >= 4 is 41.8 Å². The summed E-state index contributed by atoms with van der Waals surface area (Å²) in [6, 6.07) is 7.41. The van der Waals surface area contributed by atoms with Gasteiger partial charge in [0.2, 0.25) is 5.91 Å². The first-order chi connectivity index (χ1) is 13.1. The van der Waals surface area contributed by atoms with Crippen molar-refractivity contribution < 1.29 is 14.3 Å². The van der Waals surface area contributed by atoms with Gasteiger partial charge in [0.15, 0.2) is 5.96 Å². The molecule has 8 nitrogen and oxygen atoms in total. The standard InChI is InChI=1S/C19H29N5O3.HI/c1-3-27-12-4-9-22-19(20-2)23-13-15-5-7-16(8-6-15)18(26)24-11-10-21-17(25)14-24;/h5-8H,3-4,9-14H2,1-2H3,(H,21,25)(H2,20,22,23);1H. The molecule has 0 atom stereocenters. The number of piperazine rings is 1. The van der Waals surface area contributed by atoms with E-state index in [-0.39, 0.29) is 42.3 Å². The average Bonchev–Trinajstić information content (AvgIpc) is 2.70. The van der Waals surface area contributed by atoms with Crippen LogP contribution in [-0.2, 0) is 16.1 Å². The highest BCUT2D eigenvalue weighted by Crippen LogP contribution is 2.09. The monoisotopic (exact) mass is 503 g/mol. The van der Waals surface area contributed by atoms with Crippen molar-refractivity contribution in [3.05, 3.63) is 35.4 Å². The van der Waals surface area contributed by atoms with Gasteiger partial charge in [-0.3, -0.25) is 14.6 Å². The Labute approximate surface area is 183 Å².